The van der Waals surface area contributed by atoms with Gasteiger partial charge in [-0.25, -0.2) is 0 Å². The van der Waals surface area contributed by atoms with Crippen LogP contribution in [0.5, 0.6) is 0 Å². The molecule has 0 bridgehead atoms. The summed E-state index contributed by atoms with van der Waals surface area (Å²) in [6.45, 7) is 4.74. The quantitative estimate of drug-likeness (QED) is 0.616. The molecule has 0 heterocycles. The molecule has 0 aromatic carbocycles. The predicted molar refractivity (Wildman–Crippen MR) is 54.2 cm³/mol. The Labute approximate surface area is 78.9 Å². The van der Waals surface area contributed by atoms with E-state index in [4.69, 9.17) is 0 Å². The Balaban J connectivity index is 2.57. The van der Waals surface area contributed by atoms with Crippen molar-refractivity contribution >= 4 is 15.9 Å². The van der Waals surface area contributed by atoms with Gasteiger partial charge in [0.2, 0.25) is 0 Å². The van der Waals surface area contributed by atoms with Gasteiger partial charge in [0.05, 0.1) is 0 Å². The minimum Gasteiger partial charge on any atom is -0.0922 e. The average Bonchev–Trinajstić information content (AvgIpc) is 2.05. The van der Waals surface area contributed by atoms with Gasteiger partial charge in [0, 0.05) is 5.33 Å². The van der Waals surface area contributed by atoms with Crippen LogP contribution in [0, 0.1) is 11.3 Å². The highest BCUT2D eigenvalue weighted by atomic mass is 79.9. The molecule has 0 N–H and O–H groups in total. The molecule has 0 saturated heterocycles. The maximum Gasteiger partial charge on any atom is 0.00904 e. The first kappa shape index (κ1) is 9.57. The van der Waals surface area contributed by atoms with E-state index in [0.717, 1.165) is 5.92 Å². The fourth-order valence-electron chi connectivity index (χ4n) is 2.12. The zero-order valence-electron chi connectivity index (χ0n) is 7.70. The van der Waals surface area contributed by atoms with Crippen LogP contribution < -0.4 is 0 Å². The SMILES string of the molecule is CC(C)C1(CBr)CCCCC1. The predicted octanol–water partition coefficient (Wildman–Crippen LogP) is 3.99. The van der Waals surface area contributed by atoms with Crippen molar-refractivity contribution in [2.24, 2.45) is 11.3 Å². The van der Waals surface area contributed by atoms with Gasteiger partial charge in [0.1, 0.15) is 0 Å². The van der Waals surface area contributed by atoms with Crippen LogP contribution in [-0.2, 0) is 0 Å². The number of halogens is 1. The molecule has 1 aliphatic carbocycles. The second kappa shape index (κ2) is 3.93. The molecule has 1 fully saturated rings. The molecule has 0 nitrogen and oxygen atoms in total. The molecule has 1 heteroatoms. The highest BCUT2D eigenvalue weighted by molar-refractivity contribution is 9.09. The van der Waals surface area contributed by atoms with Gasteiger partial charge in [-0.1, -0.05) is 49.0 Å². The molecule has 11 heavy (non-hydrogen) atoms. The fraction of sp³-hybridized carbons (Fsp3) is 1.00. The van der Waals surface area contributed by atoms with Gasteiger partial charge in [-0.3, -0.25) is 0 Å². The lowest BCUT2D eigenvalue weighted by Crippen LogP contribution is -2.31. The molecular weight excluding hydrogens is 200 g/mol. The van der Waals surface area contributed by atoms with E-state index in [9.17, 15) is 0 Å². The molecule has 0 atom stereocenters. The molecule has 0 radical (unpaired) electrons. The van der Waals surface area contributed by atoms with Crippen LogP contribution in [0.3, 0.4) is 0 Å². The van der Waals surface area contributed by atoms with Crippen LogP contribution in [-0.4, -0.2) is 5.33 Å². The average molecular weight is 219 g/mol. The van der Waals surface area contributed by atoms with Crippen molar-refractivity contribution in [2.75, 3.05) is 5.33 Å². The summed E-state index contributed by atoms with van der Waals surface area (Å²) >= 11 is 3.67. The lowest BCUT2D eigenvalue weighted by molar-refractivity contribution is 0.151. The van der Waals surface area contributed by atoms with Crippen LogP contribution in [0.1, 0.15) is 46.0 Å². The summed E-state index contributed by atoms with van der Waals surface area (Å²) in [6.07, 6.45) is 7.24. The first-order chi connectivity index (χ1) is 5.21. The summed E-state index contributed by atoms with van der Waals surface area (Å²) in [4.78, 5) is 0. The monoisotopic (exact) mass is 218 g/mol. The van der Waals surface area contributed by atoms with E-state index in [2.05, 4.69) is 29.8 Å². The first-order valence-corrected chi connectivity index (χ1v) is 5.89. The maximum absolute atomic E-state index is 3.67. The molecule has 0 aromatic rings. The summed E-state index contributed by atoms with van der Waals surface area (Å²) in [5.74, 6) is 0.849. The maximum atomic E-state index is 3.67. The van der Waals surface area contributed by atoms with Gasteiger partial charge in [0.25, 0.3) is 0 Å². The molecule has 0 amide bonds. The highest BCUT2D eigenvalue weighted by Crippen LogP contribution is 2.43. The van der Waals surface area contributed by atoms with Gasteiger partial charge in [0.15, 0.2) is 0 Å². The van der Waals surface area contributed by atoms with E-state index in [1.807, 2.05) is 0 Å². The third-order valence-corrected chi connectivity index (χ3v) is 4.46. The number of hydrogen-bond acceptors (Lipinski definition) is 0. The van der Waals surface area contributed by atoms with Crippen molar-refractivity contribution in [1.29, 1.82) is 0 Å². The zero-order valence-corrected chi connectivity index (χ0v) is 9.28. The normalized spacial score (nSPS) is 24.0. The van der Waals surface area contributed by atoms with Crippen LogP contribution >= 0.6 is 15.9 Å². The summed E-state index contributed by atoms with van der Waals surface area (Å²) in [5, 5.41) is 1.21. The molecule has 0 spiro atoms. The third kappa shape index (κ3) is 1.99. The Kier molecular flexibility index (Phi) is 3.42. The number of rotatable bonds is 2. The van der Waals surface area contributed by atoms with Crippen LogP contribution in [0.15, 0.2) is 0 Å². The Morgan fingerprint density at radius 2 is 1.73 bits per heavy atom. The second-order valence-electron chi connectivity index (χ2n) is 4.21. The van der Waals surface area contributed by atoms with Crippen LogP contribution in [0.2, 0.25) is 0 Å². The molecule has 1 rings (SSSR count). The topological polar surface area (TPSA) is 0 Å². The first-order valence-electron chi connectivity index (χ1n) is 4.77. The summed E-state index contributed by atoms with van der Waals surface area (Å²) in [6, 6.07) is 0. The second-order valence-corrected chi connectivity index (χ2v) is 4.77. The fourth-order valence-corrected chi connectivity index (χ4v) is 3.33. The van der Waals surface area contributed by atoms with Crippen molar-refractivity contribution in [3.63, 3.8) is 0 Å². The Hall–Kier alpha value is 0.480. The molecule has 1 saturated carbocycles. The Bertz CT molecular complexity index is 112. The highest BCUT2D eigenvalue weighted by Gasteiger charge is 2.33. The van der Waals surface area contributed by atoms with E-state index in [1.54, 1.807) is 0 Å². The van der Waals surface area contributed by atoms with E-state index >= 15 is 0 Å². The van der Waals surface area contributed by atoms with E-state index in [1.165, 1.54) is 37.4 Å². The molecular formula is C10H19Br. The van der Waals surface area contributed by atoms with Gasteiger partial charge >= 0.3 is 0 Å². The van der Waals surface area contributed by atoms with Gasteiger partial charge < -0.3 is 0 Å². The van der Waals surface area contributed by atoms with Gasteiger partial charge in [-0.05, 0) is 24.2 Å². The minimum absolute atomic E-state index is 0.637. The van der Waals surface area contributed by atoms with E-state index in [-0.39, 0.29) is 0 Å². The lowest BCUT2D eigenvalue weighted by Gasteiger charge is -2.39. The zero-order chi connectivity index (χ0) is 8.32. The van der Waals surface area contributed by atoms with Crippen molar-refractivity contribution in [3.8, 4) is 0 Å². The molecule has 66 valence electrons. The van der Waals surface area contributed by atoms with Crippen molar-refractivity contribution < 1.29 is 0 Å². The minimum atomic E-state index is 0.637. The van der Waals surface area contributed by atoms with Crippen molar-refractivity contribution in [2.45, 2.75) is 46.0 Å². The lowest BCUT2D eigenvalue weighted by atomic mass is 9.68. The largest absolute Gasteiger partial charge is 0.0922 e. The summed E-state index contributed by atoms with van der Waals surface area (Å²) < 4.78 is 0. The standard InChI is InChI=1S/C10H19Br/c1-9(2)10(8-11)6-4-3-5-7-10/h9H,3-8H2,1-2H3. The van der Waals surface area contributed by atoms with Crippen molar-refractivity contribution in [3.05, 3.63) is 0 Å². The Morgan fingerprint density at radius 3 is 2.00 bits per heavy atom. The number of alkyl halides is 1. The van der Waals surface area contributed by atoms with E-state index in [0.29, 0.717) is 5.41 Å². The van der Waals surface area contributed by atoms with Crippen LogP contribution in [0.25, 0.3) is 0 Å². The molecule has 0 aromatic heterocycles. The molecule has 0 aliphatic heterocycles. The smallest absolute Gasteiger partial charge is 0.00904 e. The molecule has 1 aliphatic rings. The van der Waals surface area contributed by atoms with Gasteiger partial charge in [-0.2, -0.15) is 0 Å². The van der Waals surface area contributed by atoms with Crippen LogP contribution in [0.4, 0.5) is 0 Å². The van der Waals surface area contributed by atoms with Crippen molar-refractivity contribution in [1.82, 2.24) is 0 Å². The Morgan fingerprint density at radius 1 is 1.18 bits per heavy atom. The third-order valence-electron chi connectivity index (χ3n) is 3.34. The summed E-state index contributed by atoms with van der Waals surface area (Å²) in [5.41, 5.74) is 0.637. The van der Waals surface area contributed by atoms with Gasteiger partial charge in [-0.15, -0.1) is 0 Å². The van der Waals surface area contributed by atoms with E-state index < -0.39 is 0 Å². The summed E-state index contributed by atoms with van der Waals surface area (Å²) in [7, 11) is 0. The number of hydrogen-bond donors (Lipinski definition) is 0. The molecule has 0 unspecified atom stereocenters.